The van der Waals surface area contributed by atoms with Gasteiger partial charge in [0.15, 0.2) is 6.29 Å². The van der Waals surface area contributed by atoms with Crippen LogP contribution in [0, 0.1) is 0 Å². The van der Waals surface area contributed by atoms with Crippen molar-refractivity contribution >= 4 is 0 Å². The van der Waals surface area contributed by atoms with Crippen molar-refractivity contribution in [2.75, 3.05) is 19.8 Å². The van der Waals surface area contributed by atoms with E-state index in [1.165, 1.54) is 12.2 Å². The molecule has 2 unspecified atom stereocenters. The van der Waals surface area contributed by atoms with Gasteiger partial charge in [0.1, 0.15) is 61.8 Å². The van der Waals surface area contributed by atoms with E-state index < -0.39 is 87.1 Å². The van der Waals surface area contributed by atoms with Gasteiger partial charge in [-0.25, -0.2) is 0 Å². The van der Waals surface area contributed by atoms with Crippen molar-refractivity contribution in [3.63, 3.8) is 0 Å². The summed E-state index contributed by atoms with van der Waals surface area (Å²) < 4.78 is 20.3. The van der Waals surface area contributed by atoms with Gasteiger partial charge in [0, 0.05) is 0 Å². The van der Waals surface area contributed by atoms with Crippen LogP contribution in [0.3, 0.4) is 0 Å². The fraction of sp³-hybridized carbons (Fsp3) is 0.778. The lowest BCUT2D eigenvalue weighted by Gasteiger charge is -2.43. The molecule has 11 atom stereocenters. The van der Waals surface area contributed by atoms with Crippen molar-refractivity contribution in [2.24, 2.45) is 11.5 Å². The van der Waals surface area contributed by atoms with Crippen molar-refractivity contribution in [2.45, 2.75) is 67.3 Å². The molecule has 188 valence electrons. The second-order valence-electron chi connectivity index (χ2n) is 7.10. The molecule has 0 aliphatic carbocycles. The molecule has 0 saturated carbocycles. The maximum Gasteiger partial charge on any atom is 0.224 e. The quantitative estimate of drug-likeness (QED) is 0.111. The lowest BCUT2D eigenvalue weighted by Crippen LogP contribution is -2.62. The normalized spacial score (nSPS) is 41.3. The average Bonchev–Trinajstić information content (AvgIpc) is 3.04. The molecule has 14 heteroatoms. The van der Waals surface area contributed by atoms with Gasteiger partial charge in [-0.3, -0.25) is 0 Å². The molecule has 0 radical (unpaired) electrons. The molecule has 14 nitrogen and oxygen atoms in total. The molecule has 2 saturated heterocycles. The Morgan fingerprint density at radius 1 is 0.844 bits per heavy atom. The van der Waals surface area contributed by atoms with Gasteiger partial charge in [0.05, 0.1) is 13.2 Å². The van der Waals surface area contributed by atoms with Gasteiger partial charge >= 0.3 is 0 Å². The Hall–Kier alpha value is -1.08. The van der Waals surface area contributed by atoms with Crippen molar-refractivity contribution in [1.82, 2.24) is 0 Å². The van der Waals surface area contributed by atoms with Crippen LogP contribution in [-0.4, -0.2) is 128 Å². The smallest absolute Gasteiger partial charge is 0.224 e. The van der Waals surface area contributed by atoms with E-state index in [-0.39, 0.29) is 0 Å². The highest BCUT2D eigenvalue weighted by Crippen LogP contribution is 2.35. The maximum absolute atomic E-state index is 10.00. The molecule has 0 aromatic carbocycles. The van der Waals surface area contributed by atoms with Crippen LogP contribution in [-0.2, 0) is 18.9 Å². The molecule has 2 heterocycles. The zero-order valence-electron chi connectivity index (χ0n) is 17.3. The second kappa shape index (κ2) is 13.0. The summed E-state index contributed by atoms with van der Waals surface area (Å²) in [5.74, 6) is -2.22. The first-order valence-electron chi connectivity index (χ1n) is 9.67. The molecule has 2 aliphatic heterocycles. The summed E-state index contributed by atoms with van der Waals surface area (Å²) in [4.78, 5) is 0. The molecule has 2 rings (SSSR count). The van der Waals surface area contributed by atoms with Gasteiger partial charge in [-0.15, -0.1) is 0 Å². The van der Waals surface area contributed by atoms with E-state index in [0.717, 1.165) is 0 Å². The number of hydrogen-bond donors (Lipinski definition) is 10. The summed E-state index contributed by atoms with van der Waals surface area (Å²) in [5.41, 5.74) is 10.6. The van der Waals surface area contributed by atoms with Gasteiger partial charge in [-0.1, -0.05) is 13.2 Å². The zero-order valence-corrected chi connectivity index (χ0v) is 17.3. The van der Waals surface area contributed by atoms with E-state index >= 15 is 0 Å². The van der Waals surface area contributed by atoms with Crippen LogP contribution in [0.4, 0.5) is 0 Å². The van der Waals surface area contributed by atoms with Gasteiger partial charge in [0.2, 0.25) is 5.79 Å². The Morgan fingerprint density at radius 3 is 1.78 bits per heavy atom. The summed E-state index contributed by atoms with van der Waals surface area (Å²) in [6.07, 6.45) is -10.7. The maximum atomic E-state index is 10.00. The van der Waals surface area contributed by atoms with Crippen molar-refractivity contribution in [1.29, 1.82) is 0 Å². The van der Waals surface area contributed by atoms with Crippen molar-refractivity contribution in [3.05, 3.63) is 25.3 Å². The van der Waals surface area contributed by atoms with Crippen molar-refractivity contribution in [3.8, 4) is 0 Å². The summed E-state index contributed by atoms with van der Waals surface area (Å²) in [5, 5.41) is 76.7. The zero-order chi connectivity index (χ0) is 24.6. The van der Waals surface area contributed by atoms with Crippen LogP contribution in [0.2, 0.25) is 0 Å². The predicted molar refractivity (Wildman–Crippen MR) is 106 cm³/mol. The minimum Gasteiger partial charge on any atom is -0.394 e. The number of ether oxygens (including phenoxy) is 4. The van der Waals surface area contributed by atoms with Crippen LogP contribution in [0.25, 0.3) is 0 Å². The number of aliphatic hydroxyl groups excluding tert-OH is 8. The van der Waals surface area contributed by atoms with Crippen LogP contribution >= 0.6 is 0 Å². The largest absolute Gasteiger partial charge is 0.394 e. The Labute approximate surface area is 184 Å². The van der Waals surface area contributed by atoms with Gasteiger partial charge in [-0.2, -0.15) is 0 Å². The van der Waals surface area contributed by atoms with E-state index in [2.05, 4.69) is 13.2 Å². The Bertz CT molecular complexity index is 572. The summed E-state index contributed by atoms with van der Waals surface area (Å²) >= 11 is 0. The molecule has 0 aromatic rings. The number of rotatable bonds is 9. The lowest BCUT2D eigenvalue weighted by molar-refractivity contribution is -0.383. The van der Waals surface area contributed by atoms with Gasteiger partial charge < -0.3 is 71.3 Å². The molecule has 2 fully saturated rings. The summed E-state index contributed by atoms with van der Waals surface area (Å²) in [6.45, 7) is 4.49. The van der Waals surface area contributed by atoms with Gasteiger partial charge in [-0.05, 0) is 12.2 Å². The minimum absolute atomic E-state index is 0.502. The number of aliphatic hydroxyl groups is 8. The number of hydrogen-bond acceptors (Lipinski definition) is 14. The standard InChI is InChI=1S/C12H22O11.C6H12N2O/c13-1-4-6(16)8(18)9(19)11(21-4)23-12(3-15)10(20)7(17)5(2-14)22-12;1-3-5(7)9-6(8)4-2/h4-11,13-20H,1-3H2;3-6H,1-2,7-8H2/t4-,5-,6-,7-,8+,9-,10+,11-,12+;/m1./s1. The molecule has 0 bridgehead atoms. The average molecular weight is 470 g/mol. The topological polar surface area (TPSA) is 251 Å². The molecule has 12 N–H and O–H groups in total. The summed E-state index contributed by atoms with van der Waals surface area (Å²) in [6, 6.07) is 0. The number of nitrogens with two attached hydrogens (primary N) is 2. The van der Waals surface area contributed by atoms with E-state index in [1.807, 2.05) is 0 Å². The third kappa shape index (κ3) is 6.72. The first kappa shape index (κ1) is 29.0. The second-order valence-corrected chi connectivity index (χ2v) is 7.10. The molecule has 0 spiro atoms. The first-order chi connectivity index (χ1) is 15.0. The highest BCUT2D eigenvalue weighted by atomic mass is 16.8. The van der Waals surface area contributed by atoms with Crippen molar-refractivity contribution < 1.29 is 59.8 Å². The highest BCUT2D eigenvalue weighted by Gasteiger charge is 2.58. The molecular weight excluding hydrogens is 436 g/mol. The SMILES string of the molecule is C=CC(N)OC(N)C=C.OC[C@H]1O[C@@](CO)(O[C@H]2O[C@H](CO)[C@@H](O)[C@H](O)[C@H]2O)[C@@H](O)[C@@H]1O. The molecular formula is C18H34N2O12. The summed E-state index contributed by atoms with van der Waals surface area (Å²) in [7, 11) is 0. The predicted octanol–water partition coefficient (Wildman–Crippen LogP) is -5.45. The van der Waals surface area contributed by atoms with E-state index in [4.69, 9.17) is 40.6 Å². The van der Waals surface area contributed by atoms with E-state index in [9.17, 15) is 30.6 Å². The highest BCUT2D eigenvalue weighted by molar-refractivity contribution is 4.98. The monoisotopic (exact) mass is 470 g/mol. The van der Waals surface area contributed by atoms with Crippen LogP contribution < -0.4 is 11.5 Å². The Balaban J connectivity index is 0.000000482. The van der Waals surface area contributed by atoms with Crippen LogP contribution in [0.15, 0.2) is 25.3 Å². The van der Waals surface area contributed by atoms with Crippen LogP contribution in [0.1, 0.15) is 0 Å². The third-order valence-electron chi connectivity index (χ3n) is 4.85. The van der Waals surface area contributed by atoms with Crippen LogP contribution in [0.5, 0.6) is 0 Å². The molecule has 0 amide bonds. The van der Waals surface area contributed by atoms with E-state index in [0.29, 0.717) is 0 Å². The van der Waals surface area contributed by atoms with E-state index in [1.54, 1.807) is 0 Å². The lowest BCUT2D eigenvalue weighted by atomic mass is 9.99. The Morgan fingerprint density at radius 2 is 1.38 bits per heavy atom. The van der Waals surface area contributed by atoms with Gasteiger partial charge in [0.25, 0.3) is 0 Å². The minimum atomic E-state index is -2.22. The molecule has 2 aliphatic rings. The fourth-order valence-electron chi connectivity index (χ4n) is 2.92. The Kier molecular flexibility index (Phi) is 11.7. The first-order valence-corrected chi connectivity index (χ1v) is 9.67. The molecule has 0 aromatic heterocycles. The molecule has 32 heavy (non-hydrogen) atoms. The fourth-order valence-corrected chi connectivity index (χ4v) is 2.92. The third-order valence-corrected chi connectivity index (χ3v) is 4.85.